The second-order valence-electron chi connectivity index (χ2n) is 7.73. The van der Waals surface area contributed by atoms with Crippen LogP contribution < -0.4 is 10.4 Å². The van der Waals surface area contributed by atoms with Gasteiger partial charge in [0.2, 0.25) is 0 Å². The van der Waals surface area contributed by atoms with Crippen LogP contribution in [0.5, 0.6) is 5.75 Å². The van der Waals surface area contributed by atoms with Crippen molar-refractivity contribution < 1.29 is 23.2 Å². The van der Waals surface area contributed by atoms with Crippen LogP contribution >= 0.6 is 0 Å². The Hall–Kier alpha value is -3.55. The van der Waals surface area contributed by atoms with Gasteiger partial charge in [-0.25, -0.2) is 4.79 Å². The predicted molar refractivity (Wildman–Crippen MR) is 113 cm³/mol. The van der Waals surface area contributed by atoms with E-state index in [0.29, 0.717) is 49.3 Å². The van der Waals surface area contributed by atoms with E-state index >= 15 is 0 Å². The molecule has 3 heterocycles. The highest BCUT2D eigenvalue weighted by Crippen LogP contribution is 2.22. The Balaban J connectivity index is 1.51. The zero-order chi connectivity index (χ0) is 22.0. The lowest BCUT2D eigenvalue weighted by molar-refractivity contribution is 0.0698. The normalized spacial score (nSPS) is 14.7. The number of amides is 2. The molecule has 1 aliphatic rings. The van der Waals surface area contributed by atoms with E-state index in [1.54, 1.807) is 46.2 Å². The Kier molecular flexibility index (Phi) is 5.79. The molecule has 162 valence electrons. The van der Waals surface area contributed by atoms with Crippen LogP contribution in [0.15, 0.2) is 56.3 Å². The van der Waals surface area contributed by atoms with E-state index in [-0.39, 0.29) is 23.3 Å². The van der Waals surface area contributed by atoms with Gasteiger partial charge in [-0.05, 0) is 50.6 Å². The second kappa shape index (κ2) is 8.67. The minimum atomic E-state index is -0.688. The fourth-order valence-corrected chi connectivity index (χ4v) is 3.64. The van der Waals surface area contributed by atoms with E-state index in [0.717, 1.165) is 0 Å². The van der Waals surface area contributed by atoms with Gasteiger partial charge in [0.15, 0.2) is 5.76 Å². The lowest BCUT2D eigenvalue weighted by atomic mass is 10.1. The topological polar surface area (TPSA) is 93.2 Å². The molecular weight excluding hydrogens is 400 g/mol. The summed E-state index contributed by atoms with van der Waals surface area (Å²) in [5.41, 5.74) is -0.339. The van der Waals surface area contributed by atoms with Crippen molar-refractivity contribution in [3.63, 3.8) is 0 Å². The van der Waals surface area contributed by atoms with Gasteiger partial charge < -0.3 is 23.4 Å². The maximum Gasteiger partial charge on any atom is 0.349 e. The summed E-state index contributed by atoms with van der Waals surface area (Å²) < 4.78 is 16.2. The van der Waals surface area contributed by atoms with Gasteiger partial charge in [-0.1, -0.05) is 0 Å². The standard InChI is InChI=1S/C23H24N2O6/c1-15(2)30-17-7-6-16-13-18(23(28)31-20(16)14-17)21(26)24-8-4-9-25(11-10-24)22(27)19-5-3-12-29-19/h3,5-7,12-15H,4,8-11H2,1-2H3. The molecule has 1 aromatic carbocycles. The molecule has 2 amide bonds. The van der Waals surface area contributed by atoms with Crippen LogP contribution in [0, 0.1) is 0 Å². The first-order chi connectivity index (χ1) is 14.9. The molecule has 0 unspecified atom stereocenters. The number of fused-ring (bicyclic) bond motifs is 1. The van der Waals surface area contributed by atoms with Gasteiger partial charge in [-0.3, -0.25) is 9.59 Å². The third kappa shape index (κ3) is 4.47. The molecule has 0 saturated carbocycles. The van der Waals surface area contributed by atoms with Crippen LogP contribution in [-0.2, 0) is 0 Å². The Labute approximate surface area is 179 Å². The van der Waals surface area contributed by atoms with Gasteiger partial charge in [-0.2, -0.15) is 0 Å². The number of hydrogen-bond donors (Lipinski definition) is 0. The summed E-state index contributed by atoms with van der Waals surface area (Å²) in [4.78, 5) is 41.3. The smallest absolute Gasteiger partial charge is 0.349 e. The maximum absolute atomic E-state index is 13.1. The van der Waals surface area contributed by atoms with Crippen LogP contribution in [0.1, 0.15) is 41.2 Å². The van der Waals surface area contributed by atoms with Gasteiger partial charge in [-0.15, -0.1) is 0 Å². The van der Waals surface area contributed by atoms with Crippen molar-refractivity contribution >= 4 is 22.8 Å². The number of rotatable bonds is 4. The van der Waals surface area contributed by atoms with Crippen LogP contribution in [-0.4, -0.2) is 53.9 Å². The molecule has 31 heavy (non-hydrogen) atoms. The molecule has 0 N–H and O–H groups in total. The summed E-state index contributed by atoms with van der Waals surface area (Å²) in [7, 11) is 0. The monoisotopic (exact) mass is 424 g/mol. The van der Waals surface area contributed by atoms with E-state index < -0.39 is 11.5 Å². The first-order valence-corrected chi connectivity index (χ1v) is 10.3. The first-order valence-electron chi connectivity index (χ1n) is 10.3. The van der Waals surface area contributed by atoms with Gasteiger partial charge >= 0.3 is 5.63 Å². The number of carbonyl (C=O) groups excluding carboxylic acids is 2. The molecule has 8 nitrogen and oxygen atoms in total. The van der Waals surface area contributed by atoms with Crippen LogP contribution in [0.3, 0.4) is 0 Å². The van der Waals surface area contributed by atoms with Crippen molar-refractivity contribution in [3.05, 3.63) is 64.4 Å². The van der Waals surface area contributed by atoms with Crippen molar-refractivity contribution in [2.75, 3.05) is 26.2 Å². The Morgan fingerprint density at radius 1 is 1.00 bits per heavy atom. The number of hydrogen-bond acceptors (Lipinski definition) is 6. The molecule has 3 aromatic rings. The molecule has 4 rings (SSSR count). The molecule has 0 atom stereocenters. The summed E-state index contributed by atoms with van der Waals surface area (Å²) >= 11 is 0. The fourth-order valence-electron chi connectivity index (χ4n) is 3.64. The quantitative estimate of drug-likeness (QED) is 0.598. The van der Waals surface area contributed by atoms with Crippen molar-refractivity contribution in [3.8, 4) is 5.75 Å². The molecule has 8 heteroatoms. The number of nitrogens with zero attached hydrogens (tertiary/aromatic N) is 2. The molecular formula is C23H24N2O6. The van der Waals surface area contributed by atoms with Crippen LogP contribution in [0.4, 0.5) is 0 Å². The SMILES string of the molecule is CC(C)Oc1ccc2cc(C(=O)N3CCCN(C(=O)c4ccco4)CC3)c(=O)oc2c1. The Morgan fingerprint density at radius 2 is 1.74 bits per heavy atom. The van der Waals surface area contributed by atoms with Crippen LogP contribution in [0.25, 0.3) is 11.0 Å². The Morgan fingerprint density at radius 3 is 2.42 bits per heavy atom. The summed E-state index contributed by atoms with van der Waals surface area (Å²) in [6.45, 7) is 5.46. The van der Waals surface area contributed by atoms with Gasteiger partial charge in [0, 0.05) is 37.6 Å². The van der Waals surface area contributed by atoms with Crippen LogP contribution in [0.2, 0.25) is 0 Å². The number of benzene rings is 1. The third-order valence-electron chi connectivity index (χ3n) is 5.11. The number of carbonyl (C=O) groups is 2. The first kappa shape index (κ1) is 20.7. The predicted octanol–water partition coefficient (Wildman–Crippen LogP) is 3.16. The highest BCUT2D eigenvalue weighted by molar-refractivity contribution is 5.97. The molecule has 0 radical (unpaired) electrons. The van der Waals surface area contributed by atoms with Gasteiger partial charge in [0.25, 0.3) is 11.8 Å². The Bertz CT molecular complexity index is 1150. The van der Waals surface area contributed by atoms with E-state index in [1.165, 1.54) is 6.26 Å². The average molecular weight is 424 g/mol. The zero-order valence-corrected chi connectivity index (χ0v) is 17.5. The molecule has 0 bridgehead atoms. The molecule has 2 aromatic heterocycles. The van der Waals surface area contributed by atoms with Gasteiger partial charge in [0.05, 0.1) is 12.4 Å². The number of furan rings is 1. The van der Waals surface area contributed by atoms with Crippen molar-refractivity contribution in [1.82, 2.24) is 9.80 Å². The molecule has 0 spiro atoms. The van der Waals surface area contributed by atoms with E-state index in [9.17, 15) is 14.4 Å². The summed E-state index contributed by atoms with van der Waals surface area (Å²) in [6.07, 6.45) is 2.05. The van der Waals surface area contributed by atoms with Crippen molar-refractivity contribution in [1.29, 1.82) is 0 Å². The third-order valence-corrected chi connectivity index (χ3v) is 5.11. The van der Waals surface area contributed by atoms with Gasteiger partial charge in [0.1, 0.15) is 16.9 Å². The molecule has 1 fully saturated rings. The lowest BCUT2D eigenvalue weighted by Gasteiger charge is -2.21. The van der Waals surface area contributed by atoms with E-state index in [2.05, 4.69) is 0 Å². The highest BCUT2D eigenvalue weighted by Gasteiger charge is 2.26. The fraction of sp³-hybridized carbons (Fsp3) is 0.348. The summed E-state index contributed by atoms with van der Waals surface area (Å²) in [5.74, 6) is 0.267. The summed E-state index contributed by atoms with van der Waals surface area (Å²) in [6, 6.07) is 10.0. The summed E-state index contributed by atoms with van der Waals surface area (Å²) in [5, 5.41) is 0.642. The lowest BCUT2D eigenvalue weighted by Crippen LogP contribution is -2.38. The second-order valence-corrected chi connectivity index (χ2v) is 7.73. The molecule has 1 saturated heterocycles. The largest absolute Gasteiger partial charge is 0.491 e. The van der Waals surface area contributed by atoms with E-state index in [1.807, 2.05) is 13.8 Å². The van der Waals surface area contributed by atoms with Crippen molar-refractivity contribution in [2.45, 2.75) is 26.4 Å². The average Bonchev–Trinajstić information content (AvgIpc) is 3.16. The van der Waals surface area contributed by atoms with E-state index in [4.69, 9.17) is 13.6 Å². The maximum atomic E-state index is 13.1. The number of ether oxygens (including phenoxy) is 1. The van der Waals surface area contributed by atoms with Crippen molar-refractivity contribution in [2.24, 2.45) is 0 Å². The highest BCUT2D eigenvalue weighted by atomic mass is 16.5. The minimum absolute atomic E-state index is 0.00714. The molecule has 0 aliphatic carbocycles. The minimum Gasteiger partial charge on any atom is -0.491 e. The molecule has 1 aliphatic heterocycles. The zero-order valence-electron chi connectivity index (χ0n) is 17.5.